The molecule has 92 valence electrons. The van der Waals surface area contributed by atoms with Crippen LogP contribution in [0.4, 0.5) is 5.69 Å². The van der Waals surface area contributed by atoms with Gasteiger partial charge in [-0.1, -0.05) is 41.6 Å². The number of anilines is 1. The van der Waals surface area contributed by atoms with Crippen LogP contribution in [0.2, 0.25) is 0 Å². The van der Waals surface area contributed by atoms with Gasteiger partial charge in [-0.3, -0.25) is 4.79 Å². The Hall–Kier alpha value is -0.830. The second-order valence-corrected chi connectivity index (χ2v) is 5.74. The second-order valence-electron chi connectivity index (χ2n) is 4.83. The molecule has 1 saturated carbocycles. The summed E-state index contributed by atoms with van der Waals surface area (Å²) in [6, 6.07) is 5.49. The maximum atomic E-state index is 12.4. The largest absolute Gasteiger partial charge is 0.399 e. The van der Waals surface area contributed by atoms with Crippen LogP contribution in [0.25, 0.3) is 0 Å². The molecule has 2 nitrogen and oxygen atoms in total. The minimum absolute atomic E-state index is 0.200. The average molecular weight is 296 g/mol. The van der Waals surface area contributed by atoms with Gasteiger partial charge in [0, 0.05) is 21.6 Å². The number of nitrogen functional groups attached to an aromatic ring is 1. The number of rotatable bonds is 2. The molecule has 0 heterocycles. The zero-order valence-corrected chi connectivity index (χ0v) is 11.5. The molecule has 2 rings (SSSR count). The molecule has 0 aromatic heterocycles. The summed E-state index contributed by atoms with van der Waals surface area (Å²) >= 11 is 3.39. The SMILES string of the molecule is Nc1cc(Br)cc(C(=O)C2CCCCCC2)c1. The Balaban J connectivity index is 2.17. The van der Waals surface area contributed by atoms with Crippen LogP contribution in [0.15, 0.2) is 22.7 Å². The standard InChI is InChI=1S/C14H18BrNO/c15-12-7-11(8-13(16)9-12)14(17)10-5-3-1-2-4-6-10/h7-10H,1-6,16H2. The van der Waals surface area contributed by atoms with Crippen LogP contribution < -0.4 is 5.73 Å². The first-order valence-electron chi connectivity index (χ1n) is 6.27. The molecule has 1 fully saturated rings. The highest BCUT2D eigenvalue weighted by Gasteiger charge is 2.21. The normalized spacial score (nSPS) is 17.7. The zero-order valence-electron chi connectivity index (χ0n) is 9.92. The Labute approximate surface area is 111 Å². The van der Waals surface area contributed by atoms with Crippen molar-refractivity contribution in [2.75, 3.05) is 5.73 Å². The van der Waals surface area contributed by atoms with Crippen LogP contribution >= 0.6 is 15.9 Å². The van der Waals surface area contributed by atoms with Crippen molar-refractivity contribution in [1.29, 1.82) is 0 Å². The molecule has 0 bridgehead atoms. The van der Waals surface area contributed by atoms with E-state index in [0.29, 0.717) is 5.69 Å². The van der Waals surface area contributed by atoms with Crippen molar-refractivity contribution in [2.45, 2.75) is 38.5 Å². The van der Waals surface area contributed by atoms with E-state index in [1.54, 1.807) is 6.07 Å². The summed E-state index contributed by atoms with van der Waals surface area (Å²) in [4.78, 5) is 12.4. The fourth-order valence-electron chi connectivity index (χ4n) is 2.53. The van der Waals surface area contributed by atoms with E-state index in [0.717, 1.165) is 22.9 Å². The van der Waals surface area contributed by atoms with Crippen LogP contribution in [-0.4, -0.2) is 5.78 Å². The topological polar surface area (TPSA) is 43.1 Å². The zero-order chi connectivity index (χ0) is 12.3. The molecule has 0 saturated heterocycles. The molecule has 0 radical (unpaired) electrons. The van der Waals surface area contributed by atoms with E-state index in [1.807, 2.05) is 12.1 Å². The highest BCUT2D eigenvalue weighted by molar-refractivity contribution is 9.10. The third kappa shape index (κ3) is 3.32. The highest BCUT2D eigenvalue weighted by Crippen LogP contribution is 2.27. The fourth-order valence-corrected chi connectivity index (χ4v) is 3.04. The van der Waals surface area contributed by atoms with Crippen LogP contribution in [0, 0.1) is 5.92 Å². The number of nitrogens with two attached hydrogens (primary N) is 1. The summed E-state index contributed by atoms with van der Waals surface area (Å²) in [5.41, 5.74) is 7.18. The van der Waals surface area contributed by atoms with Crippen LogP contribution in [0.3, 0.4) is 0 Å². The summed E-state index contributed by atoms with van der Waals surface area (Å²) < 4.78 is 0.884. The maximum absolute atomic E-state index is 12.4. The minimum atomic E-state index is 0.200. The van der Waals surface area contributed by atoms with Gasteiger partial charge in [-0.15, -0.1) is 0 Å². The molecule has 17 heavy (non-hydrogen) atoms. The summed E-state index contributed by atoms with van der Waals surface area (Å²) in [6.07, 6.45) is 6.96. The monoisotopic (exact) mass is 295 g/mol. The van der Waals surface area contributed by atoms with Crippen molar-refractivity contribution in [3.8, 4) is 0 Å². The summed E-state index contributed by atoms with van der Waals surface area (Å²) in [5.74, 6) is 0.464. The molecular formula is C14H18BrNO. The van der Waals surface area contributed by atoms with Gasteiger partial charge in [0.15, 0.2) is 5.78 Å². The highest BCUT2D eigenvalue weighted by atomic mass is 79.9. The average Bonchev–Trinajstić information content (AvgIpc) is 2.55. The maximum Gasteiger partial charge on any atom is 0.166 e. The first-order valence-corrected chi connectivity index (χ1v) is 7.06. The van der Waals surface area contributed by atoms with Gasteiger partial charge in [-0.05, 0) is 31.0 Å². The van der Waals surface area contributed by atoms with Crippen molar-refractivity contribution >= 4 is 27.4 Å². The Kier molecular flexibility index (Phi) is 4.21. The van der Waals surface area contributed by atoms with Crippen molar-refractivity contribution in [1.82, 2.24) is 0 Å². The number of halogens is 1. The third-order valence-corrected chi connectivity index (χ3v) is 3.89. The number of ketones is 1. The smallest absolute Gasteiger partial charge is 0.166 e. The lowest BCUT2D eigenvalue weighted by Gasteiger charge is -2.13. The lowest BCUT2D eigenvalue weighted by atomic mass is 9.91. The number of benzene rings is 1. The molecular weight excluding hydrogens is 278 g/mol. The first kappa shape index (κ1) is 12.6. The van der Waals surface area contributed by atoms with Gasteiger partial charge in [0.1, 0.15) is 0 Å². The predicted octanol–water partition coefficient (Wildman–Crippen LogP) is 4.18. The third-order valence-electron chi connectivity index (χ3n) is 3.43. The lowest BCUT2D eigenvalue weighted by Crippen LogP contribution is -2.14. The molecule has 1 aliphatic rings. The number of hydrogen-bond acceptors (Lipinski definition) is 2. The predicted molar refractivity (Wildman–Crippen MR) is 74.1 cm³/mol. The second kappa shape index (κ2) is 5.67. The van der Waals surface area contributed by atoms with Crippen LogP contribution in [0.5, 0.6) is 0 Å². The van der Waals surface area contributed by atoms with E-state index in [9.17, 15) is 4.79 Å². The summed E-state index contributed by atoms with van der Waals surface area (Å²) in [5, 5.41) is 0. The number of Topliss-reactive ketones (excluding diaryl/α,β-unsaturated/α-hetero) is 1. The molecule has 3 heteroatoms. The quantitative estimate of drug-likeness (QED) is 0.505. The number of hydrogen-bond donors (Lipinski definition) is 1. The van der Waals surface area contributed by atoms with Gasteiger partial charge in [-0.2, -0.15) is 0 Å². The molecule has 1 aromatic carbocycles. The summed E-state index contributed by atoms with van der Waals surface area (Å²) in [7, 11) is 0. The van der Waals surface area contributed by atoms with Gasteiger partial charge >= 0.3 is 0 Å². The van der Waals surface area contributed by atoms with Gasteiger partial charge in [0.25, 0.3) is 0 Å². The fraction of sp³-hybridized carbons (Fsp3) is 0.500. The van der Waals surface area contributed by atoms with Crippen molar-refractivity contribution < 1.29 is 4.79 Å². The van der Waals surface area contributed by atoms with E-state index < -0.39 is 0 Å². The molecule has 1 aliphatic carbocycles. The first-order chi connectivity index (χ1) is 8.16. The molecule has 1 aromatic rings. The molecule has 2 N–H and O–H groups in total. The number of carbonyl (C=O) groups excluding carboxylic acids is 1. The minimum Gasteiger partial charge on any atom is -0.399 e. The van der Waals surface area contributed by atoms with Gasteiger partial charge in [-0.25, -0.2) is 0 Å². The Morgan fingerprint density at radius 1 is 1.12 bits per heavy atom. The van der Waals surface area contributed by atoms with E-state index in [1.165, 1.54) is 25.7 Å². The Morgan fingerprint density at radius 3 is 2.35 bits per heavy atom. The molecule has 0 amide bonds. The van der Waals surface area contributed by atoms with E-state index >= 15 is 0 Å². The molecule has 0 atom stereocenters. The van der Waals surface area contributed by atoms with Crippen molar-refractivity contribution in [3.05, 3.63) is 28.2 Å². The van der Waals surface area contributed by atoms with Gasteiger partial charge < -0.3 is 5.73 Å². The van der Waals surface area contributed by atoms with Crippen molar-refractivity contribution in [3.63, 3.8) is 0 Å². The lowest BCUT2D eigenvalue weighted by molar-refractivity contribution is 0.0908. The van der Waals surface area contributed by atoms with E-state index in [2.05, 4.69) is 15.9 Å². The van der Waals surface area contributed by atoms with Gasteiger partial charge in [0.05, 0.1) is 0 Å². The van der Waals surface area contributed by atoms with Crippen LogP contribution in [-0.2, 0) is 0 Å². The number of carbonyl (C=O) groups is 1. The molecule has 0 aliphatic heterocycles. The van der Waals surface area contributed by atoms with Gasteiger partial charge in [0.2, 0.25) is 0 Å². The Bertz CT molecular complexity index is 388. The van der Waals surface area contributed by atoms with Crippen LogP contribution in [0.1, 0.15) is 48.9 Å². The van der Waals surface area contributed by atoms with E-state index in [4.69, 9.17) is 5.73 Å². The summed E-state index contributed by atoms with van der Waals surface area (Å²) in [6.45, 7) is 0. The molecule has 0 spiro atoms. The van der Waals surface area contributed by atoms with Crippen molar-refractivity contribution in [2.24, 2.45) is 5.92 Å². The molecule has 0 unspecified atom stereocenters. The van der Waals surface area contributed by atoms with E-state index in [-0.39, 0.29) is 11.7 Å². The Morgan fingerprint density at radius 2 is 1.76 bits per heavy atom.